The predicted octanol–water partition coefficient (Wildman–Crippen LogP) is 1.19. The van der Waals surface area contributed by atoms with Gasteiger partial charge < -0.3 is 0 Å². The fourth-order valence-corrected chi connectivity index (χ4v) is 7.65. The minimum absolute atomic E-state index is 0.194. The molecule has 0 spiro atoms. The Balaban J connectivity index is 1.33. The van der Waals surface area contributed by atoms with Crippen LogP contribution < -0.4 is 47.7 Å². The van der Waals surface area contributed by atoms with Gasteiger partial charge in [-0.05, 0) is 0 Å². The van der Waals surface area contributed by atoms with Crippen LogP contribution in [0, 0.1) is 23.7 Å². The fraction of sp³-hybridized carbons (Fsp3) is 0.400. The zero-order valence-corrected chi connectivity index (χ0v) is 24.5. The van der Waals surface area contributed by atoms with E-state index in [2.05, 4.69) is 95.5 Å². The van der Waals surface area contributed by atoms with E-state index in [-0.39, 0.29) is 42.4 Å². The van der Waals surface area contributed by atoms with Crippen molar-refractivity contribution in [2.24, 2.45) is 23.7 Å². The molecule has 0 aromatic heterocycles. The Morgan fingerprint density at radius 2 is 1.48 bits per heavy atom. The molecule has 0 fully saturated rings. The fourth-order valence-electron chi connectivity index (χ4n) is 5.13. The molecule has 0 saturated carbocycles. The summed E-state index contributed by atoms with van der Waals surface area (Å²) in [4.78, 5) is 4.69. The van der Waals surface area contributed by atoms with Crippen molar-refractivity contribution in [2.45, 2.75) is 39.0 Å². The summed E-state index contributed by atoms with van der Waals surface area (Å²) in [6, 6.07) is 0. The van der Waals surface area contributed by atoms with Crippen molar-refractivity contribution >= 4 is 0 Å². The van der Waals surface area contributed by atoms with E-state index in [0.29, 0.717) is 23.7 Å². The molecule has 178 valence electrons. The molecule has 0 bridgehead atoms. The van der Waals surface area contributed by atoms with Crippen LogP contribution in [0.3, 0.4) is 0 Å². The van der Waals surface area contributed by atoms with Crippen LogP contribution in [0.5, 0.6) is 0 Å². The normalized spacial score (nSPS) is 29.2. The van der Waals surface area contributed by atoms with E-state index < -0.39 is 0 Å². The number of hydrogen-bond donors (Lipinski definition) is 1. The number of rotatable bonds is 8. The number of nitrogens with one attached hydrogen (secondary N) is 1. The average molecular weight is 665 g/mol. The molecule has 0 radical (unpaired) electrons. The molecule has 4 aliphatic carbocycles. The third-order valence-corrected chi connectivity index (χ3v) is 11.3. The first-order valence-corrected chi connectivity index (χ1v) is 18.6. The van der Waals surface area contributed by atoms with Crippen molar-refractivity contribution in [3.8, 4) is 0 Å². The SMILES string of the molecule is C=C(C1C=CC([I-]C)=CC1)C1CC=C(NC2=CCC(C3C=CC([I-]C)=CC3)C=C2)C=C1CC. The van der Waals surface area contributed by atoms with E-state index in [9.17, 15) is 0 Å². The Morgan fingerprint density at radius 1 is 0.848 bits per heavy atom. The molecule has 0 amide bonds. The number of hydrogen-bond acceptors (Lipinski definition) is 1. The summed E-state index contributed by atoms with van der Waals surface area (Å²) in [5.41, 5.74) is 5.40. The molecular formula is C30H37I2N-2. The van der Waals surface area contributed by atoms with Crippen LogP contribution in [-0.2, 0) is 0 Å². The Labute approximate surface area is 221 Å². The van der Waals surface area contributed by atoms with Gasteiger partial charge in [-0.15, -0.1) is 0 Å². The van der Waals surface area contributed by atoms with Crippen LogP contribution in [0.4, 0.5) is 0 Å². The van der Waals surface area contributed by atoms with Gasteiger partial charge in [0.25, 0.3) is 0 Å². The molecule has 4 aliphatic rings. The first-order valence-electron chi connectivity index (χ1n) is 12.1. The van der Waals surface area contributed by atoms with Crippen molar-refractivity contribution in [3.63, 3.8) is 0 Å². The maximum absolute atomic E-state index is 4.56. The van der Waals surface area contributed by atoms with Gasteiger partial charge in [-0.3, -0.25) is 0 Å². The third-order valence-electron chi connectivity index (χ3n) is 7.24. The minimum atomic E-state index is 0.194. The van der Waals surface area contributed by atoms with Crippen LogP contribution in [0.25, 0.3) is 0 Å². The quantitative estimate of drug-likeness (QED) is 0.234. The second-order valence-electron chi connectivity index (χ2n) is 9.15. The zero-order valence-electron chi connectivity index (χ0n) is 20.2. The summed E-state index contributed by atoms with van der Waals surface area (Å²) in [7, 11) is 0. The van der Waals surface area contributed by atoms with Gasteiger partial charge in [-0.2, -0.15) is 0 Å². The van der Waals surface area contributed by atoms with Gasteiger partial charge in [0.2, 0.25) is 0 Å². The number of allylic oxidation sites excluding steroid dienone is 15. The summed E-state index contributed by atoms with van der Waals surface area (Å²) < 4.78 is 3.16. The van der Waals surface area contributed by atoms with Gasteiger partial charge in [0, 0.05) is 0 Å². The topological polar surface area (TPSA) is 12.0 Å². The predicted molar refractivity (Wildman–Crippen MR) is 135 cm³/mol. The van der Waals surface area contributed by atoms with Gasteiger partial charge in [0.05, 0.1) is 0 Å². The molecule has 1 N–H and O–H groups in total. The van der Waals surface area contributed by atoms with Crippen molar-refractivity contribution in [1.82, 2.24) is 5.32 Å². The Hall–Kier alpha value is -1.08. The van der Waals surface area contributed by atoms with E-state index >= 15 is 0 Å². The van der Waals surface area contributed by atoms with E-state index in [1.54, 1.807) is 7.16 Å². The van der Waals surface area contributed by atoms with Crippen molar-refractivity contribution in [3.05, 3.63) is 103 Å². The van der Waals surface area contributed by atoms with Crippen LogP contribution in [0.1, 0.15) is 39.0 Å². The molecule has 0 saturated heterocycles. The Kier molecular flexibility index (Phi) is 9.14. The summed E-state index contributed by atoms with van der Waals surface area (Å²) in [5, 5.41) is 3.70. The zero-order chi connectivity index (χ0) is 23.2. The molecule has 0 aromatic carbocycles. The van der Waals surface area contributed by atoms with Gasteiger partial charge in [0.15, 0.2) is 0 Å². The van der Waals surface area contributed by atoms with E-state index in [0.717, 1.165) is 25.7 Å². The summed E-state index contributed by atoms with van der Waals surface area (Å²) in [5.74, 6) is 2.25. The molecule has 4 unspecified atom stereocenters. The average Bonchev–Trinajstić information content (AvgIpc) is 2.89. The van der Waals surface area contributed by atoms with Crippen molar-refractivity contribution in [2.75, 3.05) is 9.86 Å². The molecule has 0 aliphatic heterocycles. The molecule has 0 heterocycles. The summed E-state index contributed by atoms with van der Waals surface area (Å²) in [6.07, 6.45) is 32.0. The van der Waals surface area contributed by atoms with E-state index in [4.69, 9.17) is 0 Å². The molecule has 3 heteroatoms. The number of alkyl halides is 2. The molecule has 1 nitrogen and oxygen atoms in total. The first-order chi connectivity index (χ1) is 16.1. The van der Waals surface area contributed by atoms with Gasteiger partial charge >= 0.3 is 223 Å². The van der Waals surface area contributed by atoms with Gasteiger partial charge in [0.1, 0.15) is 0 Å². The van der Waals surface area contributed by atoms with Crippen LogP contribution in [0.15, 0.2) is 103 Å². The van der Waals surface area contributed by atoms with Crippen molar-refractivity contribution in [1.29, 1.82) is 0 Å². The standard InChI is InChI=1S/C30H37I2N/c1-5-22-20-29(18-19-30(22)21(2)23-6-12-26(31-3)13-7-23)33-28-16-10-25(11-17-28)24-8-14-27(32-4)15-9-24/h6,8,10,12-18,20,23-25,30,33H,2,5,7,9,11,19H2,1,3-4H3/q-2. The number of halogens is 2. The second kappa shape index (κ2) is 12.1. The van der Waals surface area contributed by atoms with E-state index in [1.807, 2.05) is 0 Å². The molecule has 33 heavy (non-hydrogen) atoms. The van der Waals surface area contributed by atoms with E-state index in [1.165, 1.54) is 29.0 Å². The summed E-state index contributed by atoms with van der Waals surface area (Å²) >= 11 is 0.416. The Morgan fingerprint density at radius 3 is 2.03 bits per heavy atom. The monoisotopic (exact) mass is 665 g/mol. The van der Waals surface area contributed by atoms with Crippen molar-refractivity contribution < 1.29 is 42.4 Å². The van der Waals surface area contributed by atoms with Gasteiger partial charge in [-0.25, -0.2) is 0 Å². The second-order valence-corrected chi connectivity index (χ2v) is 13.8. The van der Waals surface area contributed by atoms with Gasteiger partial charge in [-0.1, -0.05) is 0 Å². The molecular weight excluding hydrogens is 628 g/mol. The first kappa shape index (κ1) is 25.0. The molecule has 4 atom stereocenters. The van der Waals surface area contributed by atoms with Crippen LogP contribution in [0.2, 0.25) is 0 Å². The molecule has 0 aromatic rings. The Bertz CT molecular complexity index is 998. The molecule has 4 rings (SSSR count). The third kappa shape index (κ3) is 6.33. The summed E-state index contributed by atoms with van der Waals surface area (Å²) in [6.45, 7) is 6.85. The van der Waals surface area contributed by atoms with Crippen LogP contribution in [-0.4, -0.2) is 9.86 Å². The van der Waals surface area contributed by atoms with Crippen LogP contribution >= 0.6 is 0 Å². The maximum atomic E-state index is 4.56.